The Hall–Kier alpha value is -2.51. The molecule has 1 heterocycles. The maximum Gasteiger partial charge on any atom is 0.234 e. The van der Waals surface area contributed by atoms with Gasteiger partial charge in [0.2, 0.25) is 5.91 Å². The van der Waals surface area contributed by atoms with Crippen LogP contribution in [0.2, 0.25) is 5.02 Å². The molecule has 3 aromatic rings. The van der Waals surface area contributed by atoms with Crippen molar-refractivity contribution in [2.24, 2.45) is 0 Å². The molecule has 0 bridgehead atoms. The third-order valence-corrected chi connectivity index (χ3v) is 6.25. The van der Waals surface area contributed by atoms with E-state index in [1.165, 1.54) is 11.8 Å². The summed E-state index contributed by atoms with van der Waals surface area (Å²) in [5.74, 6) is 1.98. The number of rotatable bonds is 10. The lowest BCUT2D eigenvalue weighted by Gasteiger charge is -2.11. The molecule has 0 atom stereocenters. The topological polar surface area (TPSA) is 69.0 Å². The van der Waals surface area contributed by atoms with Gasteiger partial charge in [0, 0.05) is 23.7 Å². The molecule has 0 aliphatic rings. The Morgan fingerprint density at radius 3 is 2.69 bits per heavy atom. The fourth-order valence-electron chi connectivity index (χ4n) is 3.30. The second-order valence-electron chi connectivity index (χ2n) is 7.66. The molecular formula is C24H29ClN4O2S. The Labute approximate surface area is 198 Å². The molecule has 6 nitrogen and oxygen atoms in total. The summed E-state index contributed by atoms with van der Waals surface area (Å²) in [6.45, 7) is 9.37. The van der Waals surface area contributed by atoms with Crippen LogP contribution in [0.4, 0.5) is 5.69 Å². The molecule has 0 aliphatic heterocycles. The second-order valence-corrected chi connectivity index (χ2v) is 9.04. The van der Waals surface area contributed by atoms with Crippen molar-refractivity contribution in [1.29, 1.82) is 0 Å². The van der Waals surface area contributed by atoms with Gasteiger partial charge in [-0.1, -0.05) is 35.5 Å². The first-order chi connectivity index (χ1) is 15.4. The van der Waals surface area contributed by atoms with Gasteiger partial charge < -0.3 is 14.6 Å². The highest BCUT2D eigenvalue weighted by molar-refractivity contribution is 7.99. The zero-order chi connectivity index (χ0) is 23.1. The summed E-state index contributed by atoms with van der Waals surface area (Å²) in [5, 5.41) is 13.1. The first-order valence-corrected chi connectivity index (χ1v) is 12.0. The Kier molecular flexibility index (Phi) is 8.59. The van der Waals surface area contributed by atoms with E-state index in [1.807, 2.05) is 57.2 Å². The van der Waals surface area contributed by atoms with E-state index in [0.717, 1.165) is 58.5 Å². The Morgan fingerprint density at radius 1 is 1.12 bits per heavy atom. The lowest BCUT2D eigenvalue weighted by molar-refractivity contribution is -0.113. The van der Waals surface area contributed by atoms with E-state index in [-0.39, 0.29) is 11.7 Å². The maximum absolute atomic E-state index is 12.4. The predicted octanol–water partition coefficient (Wildman–Crippen LogP) is 5.62. The van der Waals surface area contributed by atoms with Crippen molar-refractivity contribution in [2.45, 2.75) is 52.2 Å². The first kappa shape index (κ1) is 24.1. The third kappa shape index (κ3) is 6.50. The average molecular weight is 473 g/mol. The number of hydrogen-bond acceptors (Lipinski definition) is 5. The van der Waals surface area contributed by atoms with Gasteiger partial charge in [0.1, 0.15) is 11.6 Å². The number of aryl methyl sites for hydroxylation is 4. The highest BCUT2D eigenvalue weighted by Crippen LogP contribution is 2.23. The lowest BCUT2D eigenvalue weighted by Crippen LogP contribution is -2.15. The molecule has 0 radical (unpaired) electrons. The van der Waals surface area contributed by atoms with Crippen molar-refractivity contribution < 1.29 is 9.53 Å². The number of thioether (sulfide) groups is 1. The van der Waals surface area contributed by atoms with Crippen molar-refractivity contribution in [1.82, 2.24) is 14.8 Å². The van der Waals surface area contributed by atoms with Crippen molar-refractivity contribution in [3.8, 4) is 5.75 Å². The molecule has 3 rings (SSSR count). The minimum atomic E-state index is -0.0531. The lowest BCUT2D eigenvalue weighted by atomic mass is 10.1. The number of nitrogens with one attached hydrogen (secondary N) is 1. The van der Waals surface area contributed by atoms with Gasteiger partial charge in [-0.05, 0) is 75.1 Å². The molecular weight excluding hydrogens is 444 g/mol. The average Bonchev–Trinajstić information content (AvgIpc) is 3.15. The third-order valence-electron chi connectivity index (χ3n) is 5.05. The van der Waals surface area contributed by atoms with Crippen molar-refractivity contribution in [3.63, 3.8) is 0 Å². The highest BCUT2D eigenvalue weighted by Gasteiger charge is 2.14. The van der Waals surface area contributed by atoms with E-state index >= 15 is 0 Å². The van der Waals surface area contributed by atoms with Gasteiger partial charge in [0.05, 0.1) is 12.4 Å². The number of benzene rings is 2. The number of ether oxygens (including phenoxy) is 1. The van der Waals surface area contributed by atoms with E-state index < -0.39 is 0 Å². The molecule has 0 saturated carbocycles. The van der Waals surface area contributed by atoms with Gasteiger partial charge >= 0.3 is 0 Å². The number of anilines is 1. The van der Waals surface area contributed by atoms with Crippen LogP contribution in [0.25, 0.3) is 0 Å². The molecule has 0 aliphatic carbocycles. The standard InChI is InChI=1S/C24H29ClN4O2S/c1-5-29-22(7-6-12-31-21-11-10-19(25)14-18(21)4)27-28-24(29)32-15-23(30)26-20-13-16(2)8-9-17(20)3/h8-11,13-14H,5-7,12,15H2,1-4H3,(H,26,30). The Bertz CT molecular complexity index is 1080. The van der Waals surface area contributed by atoms with Crippen LogP contribution in [0.15, 0.2) is 41.6 Å². The number of carbonyl (C=O) groups is 1. The summed E-state index contributed by atoms with van der Waals surface area (Å²) in [4.78, 5) is 12.4. The monoisotopic (exact) mass is 472 g/mol. The van der Waals surface area contributed by atoms with Crippen LogP contribution in [0.3, 0.4) is 0 Å². The molecule has 0 saturated heterocycles. The normalized spacial score (nSPS) is 10.9. The number of halogens is 1. The fraction of sp³-hybridized carbons (Fsp3) is 0.375. The van der Waals surface area contributed by atoms with E-state index in [9.17, 15) is 4.79 Å². The molecule has 0 spiro atoms. The van der Waals surface area contributed by atoms with Gasteiger partial charge in [0.25, 0.3) is 0 Å². The minimum absolute atomic E-state index is 0.0531. The summed E-state index contributed by atoms with van der Waals surface area (Å²) in [6, 6.07) is 11.6. The molecule has 1 amide bonds. The van der Waals surface area contributed by atoms with Gasteiger partial charge in [0.15, 0.2) is 5.16 Å². The van der Waals surface area contributed by atoms with Crippen LogP contribution >= 0.6 is 23.4 Å². The van der Waals surface area contributed by atoms with E-state index in [2.05, 4.69) is 27.0 Å². The number of amides is 1. The summed E-state index contributed by atoms with van der Waals surface area (Å²) < 4.78 is 7.93. The zero-order valence-corrected chi connectivity index (χ0v) is 20.5. The molecule has 1 N–H and O–H groups in total. The predicted molar refractivity (Wildman–Crippen MR) is 131 cm³/mol. The van der Waals surface area contributed by atoms with Gasteiger partial charge in [-0.2, -0.15) is 0 Å². The van der Waals surface area contributed by atoms with Crippen molar-refractivity contribution in [3.05, 3.63) is 63.9 Å². The molecule has 0 fully saturated rings. The van der Waals surface area contributed by atoms with Crippen LogP contribution in [-0.4, -0.2) is 33.0 Å². The molecule has 0 unspecified atom stereocenters. The van der Waals surface area contributed by atoms with E-state index in [4.69, 9.17) is 16.3 Å². The Balaban J connectivity index is 1.50. The van der Waals surface area contributed by atoms with Gasteiger partial charge in [-0.25, -0.2) is 0 Å². The SMILES string of the molecule is CCn1c(CCCOc2ccc(Cl)cc2C)nnc1SCC(=O)Nc1cc(C)ccc1C. The molecule has 2 aromatic carbocycles. The number of nitrogens with zero attached hydrogens (tertiary/aromatic N) is 3. The molecule has 170 valence electrons. The van der Waals surface area contributed by atoms with Crippen LogP contribution in [0.5, 0.6) is 5.75 Å². The maximum atomic E-state index is 12.4. The van der Waals surface area contributed by atoms with E-state index in [0.29, 0.717) is 11.6 Å². The minimum Gasteiger partial charge on any atom is -0.493 e. The fourth-order valence-corrected chi connectivity index (χ4v) is 4.35. The van der Waals surface area contributed by atoms with Crippen molar-refractivity contribution in [2.75, 3.05) is 17.7 Å². The summed E-state index contributed by atoms with van der Waals surface area (Å²) in [6.07, 6.45) is 1.57. The quantitative estimate of drug-likeness (QED) is 0.306. The largest absolute Gasteiger partial charge is 0.493 e. The first-order valence-electron chi connectivity index (χ1n) is 10.7. The van der Waals surface area contributed by atoms with Crippen molar-refractivity contribution >= 4 is 35.0 Å². The van der Waals surface area contributed by atoms with E-state index in [1.54, 1.807) is 0 Å². The summed E-state index contributed by atoms with van der Waals surface area (Å²) >= 11 is 7.40. The van der Waals surface area contributed by atoms with Crippen LogP contribution < -0.4 is 10.1 Å². The van der Waals surface area contributed by atoms with Gasteiger partial charge in [-0.15, -0.1) is 10.2 Å². The number of carbonyl (C=O) groups excluding carboxylic acids is 1. The Morgan fingerprint density at radius 2 is 1.94 bits per heavy atom. The molecule has 1 aromatic heterocycles. The van der Waals surface area contributed by atoms with Crippen LogP contribution in [0.1, 0.15) is 35.9 Å². The smallest absolute Gasteiger partial charge is 0.234 e. The highest BCUT2D eigenvalue weighted by atomic mass is 35.5. The van der Waals surface area contributed by atoms with Gasteiger partial charge in [-0.3, -0.25) is 4.79 Å². The number of hydrogen-bond donors (Lipinski definition) is 1. The summed E-state index contributed by atoms with van der Waals surface area (Å²) in [7, 11) is 0. The molecule has 32 heavy (non-hydrogen) atoms. The van der Waals surface area contributed by atoms with Crippen LogP contribution in [0, 0.1) is 20.8 Å². The summed E-state index contributed by atoms with van der Waals surface area (Å²) in [5.41, 5.74) is 4.03. The second kappa shape index (κ2) is 11.4. The van der Waals surface area contributed by atoms with Crippen LogP contribution in [-0.2, 0) is 17.8 Å². The zero-order valence-electron chi connectivity index (χ0n) is 18.9. The number of aromatic nitrogens is 3. The molecule has 8 heteroatoms.